The molecule has 1 aromatic rings. The van der Waals surface area contributed by atoms with Gasteiger partial charge in [0.15, 0.2) is 34.7 Å². The molecule has 0 radical (unpaired) electrons. The highest BCUT2D eigenvalue weighted by Crippen LogP contribution is 2.51. The first kappa shape index (κ1) is 27.1. The molecule has 6 atom stereocenters. The number of carbonyl (C=O) groups is 5. The molecule has 4 N–H and O–H groups in total. The molecular formula is C30H34N2O7. The summed E-state index contributed by atoms with van der Waals surface area (Å²) in [6.45, 7) is 4.30. The summed E-state index contributed by atoms with van der Waals surface area (Å²) in [5, 5.41) is 22.4. The number of primary amides is 1. The van der Waals surface area contributed by atoms with Crippen LogP contribution in [0, 0.1) is 29.6 Å². The van der Waals surface area contributed by atoms with Crippen LogP contribution in [0.5, 0.6) is 5.75 Å². The first-order chi connectivity index (χ1) is 18.3. The highest BCUT2D eigenvalue weighted by Gasteiger charge is 2.69. The van der Waals surface area contributed by atoms with Gasteiger partial charge in [-0.15, -0.1) is 0 Å². The fourth-order valence-electron chi connectivity index (χ4n) is 7.34. The number of phenols is 1. The minimum absolute atomic E-state index is 0.0253. The van der Waals surface area contributed by atoms with Gasteiger partial charge in [-0.2, -0.15) is 0 Å². The van der Waals surface area contributed by atoms with Gasteiger partial charge >= 0.3 is 0 Å². The Bertz CT molecular complexity index is 1390. The fourth-order valence-corrected chi connectivity index (χ4v) is 7.34. The number of phenolic OH excluding ortho intramolecular Hbond substituents is 1. The van der Waals surface area contributed by atoms with Gasteiger partial charge < -0.3 is 15.9 Å². The number of carbonyl (C=O) groups excluding carboxylic acids is 5. The van der Waals surface area contributed by atoms with Crippen LogP contribution in [-0.2, 0) is 25.6 Å². The minimum atomic E-state index is -2.71. The van der Waals surface area contributed by atoms with E-state index in [0.29, 0.717) is 11.5 Å². The number of hydrogen-bond donors (Lipinski definition) is 3. The summed E-state index contributed by atoms with van der Waals surface area (Å²) < 4.78 is 0. The number of ketones is 4. The van der Waals surface area contributed by atoms with Crippen LogP contribution in [0.25, 0.3) is 5.57 Å². The van der Waals surface area contributed by atoms with Crippen LogP contribution in [0.3, 0.4) is 0 Å². The number of amides is 1. The highest BCUT2D eigenvalue weighted by molar-refractivity contribution is 6.32. The van der Waals surface area contributed by atoms with E-state index in [9.17, 15) is 34.2 Å². The smallest absolute Gasteiger partial charge is 0.235 e. The van der Waals surface area contributed by atoms with Crippen molar-refractivity contribution < 1.29 is 34.2 Å². The number of rotatable bonds is 5. The van der Waals surface area contributed by atoms with E-state index < -0.39 is 64.4 Å². The quantitative estimate of drug-likeness (QED) is 0.482. The normalized spacial score (nSPS) is 32.1. The second-order valence-electron chi connectivity index (χ2n) is 12.1. The van der Waals surface area contributed by atoms with Crippen molar-refractivity contribution in [2.24, 2.45) is 35.3 Å². The number of fused-ring (bicyclic) bond motifs is 3. The Kier molecular flexibility index (Phi) is 6.50. The largest absolute Gasteiger partial charge is 0.507 e. The fraction of sp³-hybridized carbons (Fsp3) is 0.500. The molecule has 2 unspecified atom stereocenters. The topological polar surface area (TPSA) is 155 Å². The Morgan fingerprint density at radius 3 is 2.44 bits per heavy atom. The maximum atomic E-state index is 13.9. The van der Waals surface area contributed by atoms with E-state index in [1.807, 2.05) is 6.08 Å². The van der Waals surface area contributed by atoms with Crippen molar-refractivity contribution in [1.82, 2.24) is 4.90 Å². The zero-order valence-corrected chi connectivity index (χ0v) is 22.6. The summed E-state index contributed by atoms with van der Waals surface area (Å²) in [6.07, 6.45) is 6.07. The molecule has 2 fully saturated rings. The molecule has 2 saturated carbocycles. The van der Waals surface area contributed by atoms with Crippen LogP contribution >= 0.6 is 0 Å². The molecule has 9 nitrogen and oxygen atoms in total. The number of aliphatic hydroxyl groups is 1. The average Bonchev–Trinajstić information content (AvgIpc) is 3.28. The minimum Gasteiger partial charge on any atom is -0.507 e. The molecule has 0 heterocycles. The lowest BCUT2D eigenvalue weighted by molar-refractivity contribution is -0.181. The Hall–Kier alpha value is -3.43. The van der Waals surface area contributed by atoms with Crippen molar-refractivity contribution in [3.63, 3.8) is 0 Å². The third kappa shape index (κ3) is 3.93. The molecule has 5 rings (SSSR count). The molecule has 1 aromatic carbocycles. The lowest BCUT2D eigenvalue weighted by Crippen LogP contribution is -2.74. The Balaban J connectivity index is 1.58. The van der Waals surface area contributed by atoms with Crippen molar-refractivity contribution in [3.05, 3.63) is 46.5 Å². The number of aromatic hydroxyl groups is 1. The zero-order chi connectivity index (χ0) is 28.5. The lowest BCUT2D eigenvalue weighted by Gasteiger charge is -2.52. The van der Waals surface area contributed by atoms with E-state index in [1.54, 1.807) is 20.2 Å². The van der Waals surface area contributed by atoms with Gasteiger partial charge in [0, 0.05) is 5.92 Å². The maximum Gasteiger partial charge on any atom is 0.235 e. The highest BCUT2D eigenvalue weighted by atomic mass is 16.3. The number of Topliss-reactive ketones (excluding diaryl/α,β-unsaturated/α-hetero) is 4. The third-order valence-corrected chi connectivity index (χ3v) is 8.90. The predicted octanol–water partition coefficient (Wildman–Crippen LogP) is 1.63. The van der Waals surface area contributed by atoms with Crippen LogP contribution in [-0.4, -0.2) is 69.9 Å². The van der Waals surface area contributed by atoms with E-state index in [2.05, 4.69) is 19.9 Å². The van der Waals surface area contributed by atoms with Gasteiger partial charge in [-0.05, 0) is 74.4 Å². The summed E-state index contributed by atoms with van der Waals surface area (Å²) in [4.78, 5) is 67.9. The number of allylic oxidation sites excluding steroid dienone is 4. The van der Waals surface area contributed by atoms with Crippen molar-refractivity contribution in [2.45, 2.75) is 51.2 Å². The van der Waals surface area contributed by atoms with Gasteiger partial charge in [0.2, 0.25) is 5.91 Å². The molecule has 206 valence electrons. The molecule has 1 amide bonds. The molecule has 0 bridgehead atoms. The van der Waals surface area contributed by atoms with Gasteiger partial charge in [0.1, 0.15) is 5.75 Å². The predicted molar refractivity (Wildman–Crippen MR) is 141 cm³/mol. The van der Waals surface area contributed by atoms with Crippen molar-refractivity contribution in [1.29, 1.82) is 0 Å². The number of nitrogens with two attached hydrogens (primary N) is 1. The molecule has 4 aliphatic rings. The van der Waals surface area contributed by atoms with Crippen LogP contribution < -0.4 is 5.73 Å². The van der Waals surface area contributed by atoms with E-state index in [0.717, 1.165) is 24.0 Å². The van der Waals surface area contributed by atoms with Gasteiger partial charge in [0.25, 0.3) is 0 Å². The van der Waals surface area contributed by atoms with Crippen LogP contribution in [0.15, 0.2) is 29.9 Å². The molecule has 0 aromatic heterocycles. The molecule has 4 aliphatic carbocycles. The number of benzene rings is 1. The van der Waals surface area contributed by atoms with Crippen molar-refractivity contribution in [3.8, 4) is 5.75 Å². The molecule has 0 saturated heterocycles. The van der Waals surface area contributed by atoms with E-state index in [1.165, 1.54) is 16.5 Å². The van der Waals surface area contributed by atoms with E-state index in [-0.39, 0.29) is 24.2 Å². The van der Waals surface area contributed by atoms with Gasteiger partial charge in [0.05, 0.1) is 17.5 Å². The third-order valence-electron chi connectivity index (χ3n) is 8.90. The molecule has 0 spiro atoms. The number of nitrogens with zero attached hydrogens (tertiary/aromatic N) is 1. The zero-order valence-electron chi connectivity index (χ0n) is 22.6. The van der Waals surface area contributed by atoms with Crippen LogP contribution in [0.2, 0.25) is 0 Å². The molecule has 0 aliphatic heterocycles. The van der Waals surface area contributed by atoms with Crippen molar-refractivity contribution >= 4 is 34.6 Å². The monoisotopic (exact) mass is 534 g/mol. The van der Waals surface area contributed by atoms with E-state index in [4.69, 9.17) is 5.73 Å². The van der Waals surface area contributed by atoms with Crippen LogP contribution in [0.4, 0.5) is 0 Å². The van der Waals surface area contributed by atoms with E-state index >= 15 is 0 Å². The summed E-state index contributed by atoms with van der Waals surface area (Å²) in [5.41, 5.74) is 6.42. The summed E-state index contributed by atoms with van der Waals surface area (Å²) >= 11 is 0. The molecule has 9 heteroatoms. The Morgan fingerprint density at radius 1 is 1.13 bits per heavy atom. The first-order valence-corrected chi connectivity index (χ1v) is 13.4. The van der Waals surface area contributed by atoms with Gasteiger partial charge in [-0.25, -0.2) is 0 Å². The number of hydrogen-bond acceptors (Lipinski definition) is 8. The first-order valence-electron chi connectivity index (χ1n) is 13.4. The summed E-state index contributed by atoms with van der Waals surface area (Å²) in [6, 6.07) is 2.11. The second kappa shape index (κ2) is 9.34. The van der Waals surface area contributed by atoms with Gasteiger partial charge in [-0.1, -0.05) is 37.6 Å². The van der Waals surface area contributed by atoms with Gasteiger partial charge in [-0.3, -0.25) is 28.9 Å². The summed E-state index contributed by atoms with van der Waals surface area (Å²) in [7, 11) is 3.14. The Labute approximate surface area is 226 Å². The molecule has 39 heavy (non-hydrogen) atoms. The number of likely N-dealkylation sites (N-methyl/N-ethyl adjacent to an activating group) is 1. The maximum absolute atomic E-state index is 13.9. The SMILES string of the molecule is CC(C)CC1=CC=C(c2ccc(O)c3c2C[C@H]2C[C@H]4[C@H](N(C)C)C(=O)C(C(N)=O)C(=O)[C@@]4(O)C(=O)C2C3=O)C1. The average molecular weight is 535 g/mol. The van der Waals surface area contributed by atoms with Crippen LogP contribution in [0.1, 0.15) is 54.6 Å². The Morgan fingerprint density at radius 2 is 1.82 bits per heavy atom. The van der Waals surface area contributed by atoms with Crippen molar-refractivity contribution in [2.75, 3.05) is 14.1 Å². The lowest BCUT2D eigenvalue weighted by atomic mass is 9.52. The summed E-state index contributed by atoms with van der Waals surface area (Å²) in [5.74, 6) is -9.81. The second-order valence-corrected chi connectivity index (χ2v) is 12.1. The standard InChI is InChI=1S/C30H34N2O7/c1-13(2)9-14-5-6-15(10-14)17-7-8-20(33)22-18(17)11-16-12-19-24(32(3)4)26(35)23(29(31)38)28(37)30(19,39)27(36)21(16)25(22)34/h5-8,13,16,19,21,23-24,33,39H,9-12H2,1-4H3,(H2,31,38)/t16-,19-,21?,23?,24-,30-/m0/s1. The molecular weight excluding hydrogens is 500 g/mol.